The lowest BCUT2D eigenvalue weighted by Crippen LogP contribution is -2.64. The zero-order chi connectivity index (χ0) is 28.1. The van der Waals surface area contributed by atoms with E-state index in [1.54, 1.807) is 6.92 Å². The summed E-state index contributed by atoms with van der Waals surface area (Å²) in [5, 5.41) is 0.188. The number of halogens is 2. The standard InChI is InChI=1S/C27H26F2N6O4S/c1-3-4-39-22-10-31-20(9-32-22)19(28)6-15-5-18(23(29)33-8-15)26(2)21-7-27(21,40-25(30)34-26)24(36)35-16-11-37-13-17(35)14-38-12-16/h1,5-6,8-10,16-17,21H,4,7,11-14H2,2H3,(H2,30,34)/b19-6-/t16?,17?,21?,26-,27+/m1/s1. The van der Waals surface area contributed by atoms with Gasteiger partial charge in [-0.05, 0) is 31.1 Å². The number of ether oxygens (including phenoxy) is 3. The summed E-state index contributed by atoms with van der Waals surface area (Å²) in [6, 6.07) is 1.12. The molecule has 2 bridgehead atoms. The van der Waals surface area contributed by atoms with Crippen LogP contribution in [0.5, 0.6) is 5.88 Å². The highest BCUT2D eigenvalue weighted by Gasteiger charge is 2.72. The van der Waals surface area contributed by atoms with E-state index in [0.717, 1.165) is 0 Å². The molecule has 1 saturated carbocycles. The van der Waals surface area contributed by atoms with Gasteiger partial charge < -0.3 is 24.8 Å². The molecule has 2 aromatic rings. The predicted octanol–water partition coefficient (Wildman–Crippen LogP) is 2.15. The molecule has 5 heterocycles. The molecular weight excluding hydrogens is 542 g/mol. The Morgan fingerprint density at radius 2 is 1.98 bits per heavy atom. The summed E-state index contributed by atoms with van der Waals surface area (Å²) in [6.45, 7) is 3.36. The molecule has 208 valence electrons. The highest BCUT2D eigenvalue weighted by Crippen LogP contribution is 2.66. The van der Waals surface area contributed by atoms with Crippen molar-refractivity contribution >= 4 is 34.7 Å². The highest BCUT2D eigenvalue weighted by atomic mass is 32.2. The average molecular weight is 569 g/mol. The van der Waals surface area contributed by atoms with Crippen molar-refractivity contribution in [2.45, 2.75) is 35.7 Å². The number of fused-ring (bicyclic) bond motifs is 3. The third-order valence-corrected chi connectivity index (χ3v) is 9.01. The fraction of sp³-hybridized carbons (Fsp3) is 0.444. The summed E-state index contributed by atoms with van der Waals surface area (Å²) in [5.74, 6) is 0.603. The number of hydrogen-bond acceptors (Lipinski definition) is 10. The summed E-state index contributed by atoms with van der Waals surface area (Å²) in [6.07, 6.45) is 10.5. The molecule has 1 amide bonds. The van der Waals surface area contributed by atoms with E-state index in [4.69, 9.17) is 26.4 Å². The summed E-state index contributed by atoms with van der Waals surface area (Å²) >= 11 is 1.23. The molecule has 3 atom stereocenters. The van der Waals surface area contributed by atoms with Gasteiger partial charge in [-0.2, -0.15) is 4.39 Å². The molecule has 6 rings (SSSR count). The Morgan fingerprint density at radius 3 is 2.62 bits per heavy atom. The molecule has 2 aromatic heterocycles. The molecule has 3 fully saturated rings. The smallest absolute Gasteiger partial charge is 0.240 e. The number of nitrogens with two attached hydrogens (primary N) is 1. The highest BCUT2D eigenvalue weighted by molar-refractivity contribution is 8.15. The maximum atomic E-state index is 15.3. The van der Waals surface area contributed by atoms with Crippen molar-refractivity contribution in [1.29, 1.82) is 0 Å². The minimum atomic E-state index is -1.18. The van der Waals surface area contributed by atoms with E-state index in [1.165, 1.54) is 42.5 Å². The molecule has 0 spiro atoms. The third-order valence-electron chi connectivity index (χ3n) is 7.72. The zero-order valence-corrected chi connectivity index (χ0v) is 22.4. The lowest BCUT2D eigenvalue weighted by Gasteiger charge is -2.47. The van der Waals surface area contributed by atoms with Crippen LogP contribution in [0.15, 0.2) is 29.6 Å². The molecule has 4 aliphatic rings. The van der Waals surface area contributed by atoms with Crippen molar-refractivity contribution in [2.24, 2.45) is 16.6 Å². The van der Waals surface area contributed by atoms with Crippen molar-refractivity contribution in [3.63, 3.8) is 0 Å². The number of amidine groups is 1. The van der Waals surface area contributed by atoms with Crippen LogP contribution >= 0.6 is 11.8 Å². The van der Waals surface area contributed by atoms with E-state index >= 15 is 8.78 Å². The number of nitrogens with zero attached hydrogens (tertiary/aromatic N) is 5. The monoisotopic (exact) mass is 568 g/mol. The Labute approximate surface area is 233 Å². The summed E-state index contributed by atoms with van der Waals surface area (Å²) < 4.78 is 45.9. The van der Waals surface area contributed by atoms with Crippen LogP contribution in [0.3, 0.4) is 0 Å². The zero-order valence-electron chi connectivity index (χ0n) is 21.5. The molecule has 10 nitrogen and oxygen atoms in total. The predicted molar refractivity (Wildman–Crippen MR) is 143 cm³/mol. The Balaban J connectivity index is 1.29. The first-order chi connectivity index (χ1) is 19.2. The van der Waals surface area contributed by atoms with Crippen molar-refractivity contribution in [3.05, 3.63) is 47.4 Å². The van der Waals surface area contributed by atoms with Crippen LogP contribution in [0.1, 0.15) is 30.2 Å². The van der Waals surface area contributed by atoms with Crippen LogP contribution in [0, 0.1) is 24.2 Å². The van der Waals surface area contributed by atoms with Gasteiger partial charge in [0.2, 0.25) is 17.7 Å². The quantitative estimate of drug-likeness (QED) is 0.412. The summed E-state index contributed by atoms with van der Waals surface area (Å²) in [5.41, 5.74) is 5.45. The SMILES string of the molecule is C#CCOc1cnc(/C(F)=C/c2cnc(F)c([C@@]3(C)N=C(N)S[C@@]4(C(=O)N5C6COCC5COC6)CC43)c2)cn1. The van der Waals surface area contributed by atoms with Crippen LogP contribution in [-0.4, -0.2) is 80.8 Å². The molecular formula is C27H26F2N6O4S. The first kappa shape index (κ1) is 26.6. The minimum absolute atomic E-state index is 0.0105. The maximum absolute atomic E-state index is 15.3. The second kappa shape index (κ2) is 10.1. The van der Waals surface area contributed by atoms with E-state index < -0.39 is 22.1 Å². The number of carbonyl (C=O) groups excluding carboxylic acids is 1. The van der Waals surface area contributed by atoms with Gasteiger partial charge in [0.1, 0.15) is 10.4 Å². The molecule has 13 heteroatoms. The average Bonchev–Trinajstić information content (AvgIpc) is 3.69. The molecule has 2 N–H and O–H groups in total. The van der Waals surface area contributed by atoms with Crippen molar-refractivity contribution in [3.8, 4) is 18.2 Å². The number of pyridine rings is 1. The normalized spacial score (nSPS) is 31.1. The van der Waals surface area contributed by atoms with Gasteiger partial charge in [-0.3, -0.25) is 9.79 Å². The number of thioether (sulfide) groups is 1. The third kappa shape index (κ3) is 4.49. The fourth-order valence-corrected chi connectivity index (χ4v) is 7.17. The number of hydrogen-bond donors (Lipinski definition) is 1. The summed E-state index contributed by atoms with van der Waals surface area (Å²) in [7, 11) is 0. The van der Waals surface area contributed by atoms with Crippen molar-refractivity contribution < 1.29 is 27.8 Å². The van der Waals surface area contributed by atoms with Crippen molar-refractivity contribution in [2.75, 3.05) is 33.0 Å². The van der Waals surface area contributed by atoms with Gasteiger partial charge in [0, 0.05) is 17.7 Å². The van der Waals surface area contributed by atoms with Crippen LogP contribution in [-0.2, 0) is 19.8 Å². The van der Waals surface area contributed by atoms with Gasteiger partial charge in [0.15, 0.2) is 17.6 Å². The maximum Gasteiger partial charge on any atom is 0.240 e. The molecule has 1 unspecified atom stereocenters. The molecule has 40 heavy (non-hydrogen) atoms. The van der Waals surface area contributed by atoms with E-state index in [0.29, 0.717) is 32.8 Å². The second-order valence-corrected chi connectivity index (χ2v) is 11.6. The van der Waals surface area contributed by atoms with Crippen LogP contribution in [0.2, 0.25) is 0 Å². The van der Waals surface area contributed by atoms with Gasteiger partial charge in [-0.25, -0.2) is 19.3 Å². The van der Waals surface area contributed by atoms with Gasteiger partial charge in [-0.15, -0.1) is 6.42 Å². The number of terminal acetylenes is 1. The Bertz CT molecular complexity index is 1430. The number of amides is 1. The largest absolute Gasteiger partial charge is 0.463 e. The molecule has 1 aliphatic carbocycles. The molecule has 3 aliphatic heterocycles. The molecule has 0 aromatic carbocycles. The van der Waals surface area contributed by atoms with Gasteiger partial charge in [0.25, 0.3) is 0 Å². The van der Waals surface area contributed by atoms with Gasteiger partial charge >= 0.3 is 0 Å². The van der Waals surface area contributed by atoms with E-state index in [2.05, 4.69) is 25.9 Å². The molecule has 2 saturated heterocycles. The fourth-order valence-electron chi connectivity index (χ4n) is 5.75. The first-order valence-corrected chi connectivity index (χ1v) is 13.5. The van der Waals surface area contributed by atoms with Crippen molar-refractivity contribution in [1.82, 2.24) is 19.9 Å². The van der Waals surface area contributed by atoms with Gasteiger partial charge in [0.05, 0.1) is 56.4 Å². The van der Waals surface area contributed by atoms with Crippen LogP contribution in [0.25, 0.3) is 11.9 Å². The Hall–Kier alpha value is -3.60. The number of morpholine rings is 2. The number of aromatic nitrogens is 3. The number of carbonyl (C=O) groups is 1. The van der Waals surface area contributed by atoms with Gasteiger partial charge in [-0.1, -0.05) is 17.7 Å². The first-order valence-electron chi connectivity index (χ1n) is 12.7. The lowest BCUT2D eigenvalue weighted by atomic mass is 9.85. The van der Waals surface area contributed by atoms with Crippen LogP contribution < -0.4 is 10.5 Å². The second-order valence-electron chi connectivity index (χ2n) is 10.3. The van der Waals surface area contributed by atoms with Crippen LogP contribution in [0.4, 0.5) is 8.78 Å². The Kier molecular flexibility index (Phi) is 6.72. The van der Waals surface area contributed by atoms with E-state index in [9.17, 15) is 4.79 Å². The lowest BCUT2D eigenvalue weighted by molar-refractivity contribution is -0.168. The Morgan fingerprint density at radius 1 is 1.25 bits per heavy atom. The topological polar surface area (TPSA) is 125 Å². The summed E-state index contributed by atoms with van der Waals surface area (Å²) in [4.78, 5) is 32.4. The number of aliphatic imine (C=N–C) groups is 1. The molecule has 0 radical (unpaired) electrons. The van der Waals surface area contributed by atoms with E-state index in [1.807, 2.05) is 4.90 Å². The van der Waals surface area contributed by atoms with E-state index in [-0.39, 0.29) is 58.4 Å². The minimum Gasteiger partial charge on any atom is -0.463 e. The number of rotatable bonds is 6.